The number of hydrogen-bond donors (Lipinski definition) is 1. The summed E-state index contributed by atoms with van der Waals surface area (Å²) >= 11 is 0. The standard InChI is InChI=1S/C16H27BO2/c1-10(2)13-8-14(11(3)4)16(17(18)19-7)15(9-13)12(5)6/h8-12,18H,1-7H3. The van der Waals surface area contributed by atoms with E-state index < -0.39 is 7.12 Å². The van der Waals surface area contributed by atoms with E-state index in [-0.39, 0.29) is 0 Å². The van der Waals surface area contributed by atoms with Gasteiger partial charge in [0, 0.05) is 7.11 Å². The van der Waals surface area contributed by atoms with Crippen molar-refractivity contribution < 1.29 is 9.68 Å². The van der Waals surface area contributed by atoms with Crippen molar-refractivity contribution in [2.45, 2.75) is 59.3 Å². The van der Waals surface area contributed by atoms with Gasteiger partial charge < -0.3 is 9.68 Å². The lowest BCUT2D eigenvalue weighted by molar-refractivity contribution is 0.341. The van der Waals surface area contributed by atoms with Crippen LogP contribution in [0, 0.1) is 0 Å². The molecule has 0 amide bonds. The van der Waals surface area contributed by atoms with Crippen molar-refractivity contribution in [1.29, 1.82) is 0 Å². The third kappa shape index (κ3) is 3.61. The first-order chi connectivity index (χ1) is 8.79. The second kappa shape index (κ2) is 6.58. The Morgan fingerprint density at radius 1 is 0.895 bits per heavy atom. The van der Waals surface area contributed by atoms with E-state index in [1.165, 1.54) is 16.7 Å². The minimum atomic E-state index is -0.837. The molecule has 0 radical (unpaired) electrons. The monoisotopic (exact) mass is 262 g/mol. The van der Waals surface area contributed by atoms with E-state index in [4.69, 9.17) is 4.65 Å². The Kier molecular flexibility index (Phi) is 5.63. The molecule has 0 aromatic heterocycles. The SMILES string of the molecule is COB(O)c1c(C(C)C)cc(C(C)C)cc1C(C)C. The fourth-order valence-corrected chi connectivity index (χ4v) is 2.41. The highest BCUT2D eigenvalue weighted by atomic mass is 16.5. The van der Waals surface area contributed by atoms with Gasteiger partial charge >= 0.3 is 7.12 Å². The summed E-state index contributed by atoms with van der Waals surface area (Å²) in [5, 5.41) is 10.2. The van der Waals surface area contributed by atoms with Crippen LogP contribution in [0.2, 0.25) is 0 Å². The lowest BCUT2D eigenvalue weighted by Gasteiger charge is -2.23. The third-order valence-electron chi connectivity index (χ3n) is 3.65. The maximum Gasteiger partial charge on any atom is 0.491 e. The largest absolute Gasteiger partial charge is 0.491 e. The quantitative estimate of drug-likeness (QED) is 0.824. The molecule has 0 aliphatic heterocycles. The molecule has 0 saturated heterocycles. The molecule has 2 nitrogen and oxygen atoms in total. The molecule has 0 saturated carbocycles. The summed E-state index contributed by atoms with van der Waals surface area (Å²) in [6, 6.07) is 4.44. The first kappa shape index (κ1) is 16.3. The maximum absolute atomic E-state index is 10.2. The van der Waals surface area contributed by atoms with Crippen LogP contribution in [-0.2, 0) is 4.65 Å². The van der Waals surface area contributed by atoms with Gasteiger partial charge in [-0.05, 0) is 39.9 Å². The summed E-state index contributed by atoms with van der Waals surface area (Å²) in [4.78, 5) is 0. The van der Waals surface area contributed by atoms with Crippen molar-refractivity contribution in [2.24, 2.45) is 0 Å². The Labute approximate surface area is 118 Å². The highest BCUT2D eigenvalue weighted by molar-refractivity contribution is 6.61. The van der Waals surface area contributed by atoms with Gasteiger partial charge in [-0.2, -0.15) is 0 Å². The van der Waals surface area contributed by atoms with Crippen molar-refractivity contribution in [3.8, 4) is 0 Å². The molecule has 0 aliphatic rings. The average Bonchev–Trinajstić information content (AvgIpc) is 2.35. The summed E-state index contributed by atoms with van der Waals surface area (Å²) in [6.45, 7) is 13.1. The second-order valence-electron chi connectivity index (χ2n) is 6.17. The fraction of sp³-hybridized carbons (Fsp3) is 0.625. The molecule has 0 atom stereocenters. The normalized spacial score (nSPS) is 11.7. The van der Waals surface area contributed by atoms with Crippen molar-refractivity contribution in [3.05, 3.63) is 28.8 Å². The number of hydrogen-bond acceptors (Lipinski definition) is 2. The lowest BCUT2D eigenvalue weighted by atomic mass is 9.68. The minimum Gasteiger partial charge on any atom is -0.423 e. The van der Waals surface area contributed by atoms with Gasteiger partial charge in [-0.1, -0.05) is 53.7 Å². The highest BCUT2D eigenvalue weighted by Gasteiger charge is 2.26. The Morgan fingerprint density at radius 3 is 1.58 bits per heavy atom. The third-order valence-corrected chi connectivity index (χ3v) is 3.65. The predicted octanol–water partition coefficient (Wildman–Crippen LogP) is 3.39. The van der Waals surface area contributed by atoms with E-state index in [1.54, 1.807) is 7.11 Å². The van der Waals surface area contributed by atoms with Crippen LogP contribution in [0.15, 0.2) is 12.1 Å². The van der Waals surface area contributed by atoms with Gasteiger partial charge in [0.1, 0.15) is 0 Å². The molecule has 1 N–H and O–H groups in total. The Bertz CT molecular complexity index is 396. The Balaban J connectivity index is 3.55. The van der Waals surface area contributed by atoms with E-state index >= 15 is 0 Å². The van der Waals surface area contributed by atoms with Crippen LogP contribution in [-0.4, -0.2) is 19.3 Å². The number of benzene rings is 1. The lowest BCUT2D eigenvalue weighted by Crippen LogP contribution is -2.39. The van der Waals surface area contributed by atoms with Gasteiger partial charge in [-0.25, -0.2) is 0 Å². The summed E-state index contributed by atoms with van der Waals surface area (Å²) in [7, 11) is 0.714. The molecule has 0 fully saturated rings. The molecule has 0 bridgehead atoms. The summed E-state index contributed by atoms with van der Waals surface area (Å²) in [6.07, 6.45) is 0. The Morgan fingerprint density at radius 2 is 1.32 bits per heavy atom. The van der Waals surface area contributed by atoms with Crippen LogP contribution in [0.5, 0.6) is 0 Å². The first-order valence-electron chi connectivity index (χ1n) is 7.18. The van der Waals surface area contributed by atoms with Gasteiger partial charge in [0.2, 0.25) is 0 Å². The van der Waals surface area contributed by atoms with E-state index in [2.05, 4.69) is 53.7 Å². The summed E-state index contributed by atoms with van der Waals surface area (Å²) < 4.78 is 5.17. The highest BCUT2D eigenvalue weighted by Crippen LogP contribution is 2.26. The van der Waals surface area contributed by atoms with Crippen molar-refractivity contribution in [1.82, 2.24) is 0 Å². The summed E-state index contributed by atoms with van der Waals surface area (Å²) in [5.41, 5.74) is 4.69. The molecule has 106 valence electrons. The van der Waals surface area contributed by atoms with Gasteiger partial charge in [-0.15, -0.1) is 0 Å². The molecule has 3 heteroatoms. The first-order valence-corrected chi connectivity index (χ1v) is 7.18. The molecule has 0 aliphatic carbocycles. The zero-order valence-corrected chi connectivity index (χ0v) is 13.3. The van der Waals surface area contributed by atoms with Crippen molar-refractivity contribution in [3.63, 3.8) is 0 Å². The molecule has 0 unspecified atom stereocenters. The van der Waals surface area contributed by atoms with E-state index in [0.29, 0.717) is 17.8 Å². The molecular weight excluding hydrogens is 235 g/mol. The molecule has 19 heavy (non-hydrogen) atoms. The molecule has 0 spiro atoms. The fourth-order valence-electron chi connectivity index (χ4n) is 2.41. The van der Waals surface area contributed by atoms with E-state index in [0.717, 1.165) is 5.46 Å². The molecular formula is C16H27BO2. The van der Waals surface area contributed by atoms with Crippen molar-refractivity contribution in [2.75, 3.05) is 7.11 Å². The van der Waals surface area contributed by atoms with Crippen LogP contribution in [0.1, 0.15) is 76.0 Å². The molecule has 0 heterocycles. The number of rotatable bonds is 5. The van der Waals surface area contributed by atoms with Gasteiger partial charge in [0.15, 0.2) is 0 Å². The minimum absolute atomic E-state index is 0.371. The second-order valence-corrected chi connectivity index (χ2v) is 6.17. The van der Waals surface area contributed by atoms with Gasteiger partial charge in [-0.3, -0.25) is 0 Å². The molecule has 1 rings (SSSR count). The molecule has 1 aromatic carbocycles. The average molecular weight is 262 g/mol. The van der Waals surface area contributed by atoms with Crippen LogP contribution < -0.4 is 5.46 Å². The maximum atomic E-state index is 10.2. The van der Waals surface area contributed by atoms with Gasteiger partial charge in [0.25, 0.3) is 0 Å². The summed E-state index contributed by atoms with van der Waals surface area (Å²) in [5.74, 6) is 1.23. The zero-order chi connectivity index (χ0) is 14.7. The van der Waals surface area contributed by atoms with E-state index in [9.17, 15) is 5.02 Å². The van der Waals surface area contributed by atoms with Crippen LogP contribution in [0.4, 0.5) is 0 Å². The van der Waals surface area contributed by atoms with Crippen LogP contribution in [0.3, 0.4) is 0 Å². The van der Waals surface area contributed by atoms with Crippen molar-refractivity contribution >= 4 is 12.6 Å². The predicted molar refractivity (Wildman–Crippen MR) is 83.3 cm³/mol. The smallest absolute Gasteiger partial charge is 0.423 e. The molecule has 1 aromatic rings. The topological polar surface area (TPSA) is 29.5 Å². The van der Waals surface area contributed by atoms with Crippen LogP contribution in [0.25, 0.3) is 0 Å². The van der Waals surface area contributed by atoms with Crippen LogP contribution >= 0.6 is 0 Å². The zero-order valence-electron chi connectivity index (χ0n) is 13.3. The van der Waals surface area contributed by atoms with Gasteiger partial charge in [0.05, 0.1) is 0 Å². The van der Waals surface area contributed by atoms with E-state index in [1.807, 2.05) is 0 Å². The Hall–Kier alpha value is -0.795.